The number of non-ortho nitro benzene ring substituents is 1. The quantitative estimate of drug-likeness (QED) is 0.603. The molecule has 0 saturated heterocycles. The van der Waals surface area contributed by atoms with Crippen molar-refractivity contribution in [2.24, 2.45) is 0 Å². The minimum absolute atomic E-state index is 0.142. The Hall–Kier alpha value is -1.88. The molecule has 0 saturated carbocycles. The van der Waals surface area contributed by atoms with Crippen molar-refractivity contribution >= 4 is 16.6 Å². The molecule has 0 unspecified atom stereocenters. The molecule has 0 aliphatic heterocycles. The minimum atomic E-state index is -0.360. The van der Waals surface area contributed by atoms with Crippen LogP contribution in [0.25, 0.3) is 10.9 Å². The molecule has 5 heteroatoms. The Labute approximate surface area is 106 Å². The maximum Gasteiger partial charge on any atom is 0.270 e. The Kier molecular flexibility index (Phi) is 3.62. The lowest BCUT2D eigenvalue weighted by atomic mass is 10.2. The monoisotopic (exact) mass is 247 g/mol. The van der Waals surface area contributed by atoms with Crippen molar-refractivity contribution in [2.45, 2.75) is 20.5 Å². The van der Waals surface area contributed by atoms with E-state index >= 15 is 0 Å². The summed E-state index contributed by atoms with van der Waals surface area (Å²) in [5.74, 6) is 0. The normalized spacial score (nSPS) is 11.3. The van der Waals surface area contributed by atoms with E-state index in [1.54, 1.807) is 12.1 Å². The Morgan fingerprint density at radius 2 is 2.00 bits per heavy atom. The van der Waals surface area contributed by atoms with Gasteiger partial charge in [-0.1, -0.05) is 13.8 Å². The highest BCUT2D eigenvalue weighted by atomic mass is 16.6. The van der Waals surface area contributed by atoms with Crippen LogP contribution in [0, 0.1) is 10.1 Å². The van der Waals surface area contributed by atoms with Gasteiger partial charge in [-0.25, -0.2) is 0 Å². The first-order chi connectivity index (χ1) is 8.65. The third-order valence-electron chi connectivity index (χ3n) is 3.21. The number of benzene rings is 1. The van der Waals surface area contributed by atoms with Crippen molar-refractivity contribution < 1.29 is 4.92 Å². The Morgan fingerprint density at radius 3 is 2.61 bits per heavy atom. The second-order valence-electron chi connectivity index (χ2n) is 4.23. The van der Waals surface area contributed by atoms with Crippen LogP contribution in [0.3, 0.4) is 0 Å². The van der Waals surface area contributed by atoms with Crippen LogP contribution in [0.5, 0.6) is 0 Å². The smallest absolute Gasteiger partial charge is 0.270 e. The van der Waals surface area contributed by atoms with Gasteiger partial charge in [0.15, 0.2) is 0 Å². The zero-order valence-corrected chi connectivity index (χ0v) is 10.7. The van der Waals surface area contributed by atoms with Gasteiger partial charge >= 0.3 is 0 Å². The van der Waals surface area contributed by atoms with E-state index in [1.165, 1.54) is 0 Å². The molecule has 0 amide bonds. The number of nitro groups is 1. The van der Waals surface area contributed by atoms with Gasteiger partial charge in [-0.3, -0.25) is 15.0 Å². The highest BCUT2D eigenvalue weighted by Crippen LogP contribution is 2.22. The van der Waals surface area contributed by atoms with Crippen LogP contribution in [-0.2, 0) is 6.67 Å². The molecule has 0 bridgehead atoms. The second-order valence-corrected chi connectivity index (χ2v) is 4.23. The molecule has 18 heavy (non-hydrogen) atoms. The SMILES string of the molecule is CCN(CC)Cn1ccc2cc([N+](=O)[O-])ccc21. The van der Waals surface area contributed by atoms with Gasteiger partial charge < -0.3 is 4.57 Å². The van der Waals surface area contributed by atoms with Crippen molar-refractivity contribution in [3.8, 4) is 0 Å². The van der Waals surface area contributed by atoms with Crippen molar-refractivity contribution in [1.82, 2.24) is 9.47 Å². The van der Waals surface area contributed by atoms with E-state index in [-0.39, 0.29) is 10.6 Å². The van der Waals surface area contributed by atoms with Gasteiger partial charge in [0, 0.05) is 29.2 Å². The largest absolute Gasteiger partial charge is 0.334 e. The summed E-state index contributed by atoms with van der Waals surface area (Å²) in [6.07, 6.45) is 1.98. The molecule has 0 radical (unpaired) electrons. The molecular weight excluding hydrogens is 230 g/mol. The molecule has 0 atom stereocenters. The lowest BCUT2D eigenvalue weighted by Crippen LogP contribution is -2.25. The van der Waals surface area contributed by atoms with Gasteiger partial charge in [-0.2, -0.15) is 0 Å². The predicted molar refractivity (Wildman–Crippen MR) is 71.5 cm³/mol. The first kappa shape index (κ1) is 12.6. The maximum atomic E-state index is 10.7. The van der Waals surface area contributed by atoms with Crippen LogP contribution in [0.2, 0.25) is 0 Å². The first-order valence-corrected chi connectivity index (χ1v) is 6.11. The van der Waals surface area contributed by atoms with Crippen LogP contribution < -0.4 is 0 Å². The summed E-state index contributed by atoms with van der Waals surface area (Å²) in [7, 11) is 0. The van der Waals surface area contributed by atoms with E-state index in [0.717, 1.165) is 30.7 Å². The summed E-state index contributed by atoms with van der Waals surface area (Å²) in [4.78, 5) is 12.6. The molecule has 0 fully saturated rings. The van der Waals surface area contributed by atoms with E-state index in [0.29, 0.717) is 0 Å². The van der Waals surface area contributed by atoms with Gasteiger partial charge in [-0.15, -0.1) is 0 Å². The molecule has 1 aromatic heterocycles. The van der Waals surface area contributed by atoms with Crippen LogP contribution in [0.15, 0.2) is 30.5 Å². The summed E-state index contributed by atoms with van der Waals surface area (Å²) in [5, 5.41) is 11.6. The lowest BCUT2D eigenvalue weighted by Gasteiger charge is -2.19. The molecular formula is C13H17N3O2. The Morgan fingerprint density at radius 1 is 1.28 bits per heavy atom. The number of hydrogen-bond acceptors (Lipinski definition) is 3. The van der Waals surface area contributed by atoms with Crippen molar-refractivity contribution in [3.05, 3.63) is 40.6 Å². The standard InChI is InChI=1S/C13H17N3O2/c1-3-14(4-2)10-15-8-7-11-9-12(16(17)18)5-6-13(11)15/h5-9H,3-4,10H2,1-2H3. The maximum absolute atomic E-state index is 10.7. The molecule has 5 nitrogen and oxygen atoms in total. The molecule has 0 aliphatic carbocycles. The summed E-state index contributed by atoms with van der Waals surface area (Å²) in [6.45, 7) is 7.04. The van der Waals surface area contributed by atoms with Crippen molar-refractivity contribution in [3.63, 3.8) is 0 Å². The van der Waals surface area contributed by atoms with Crippen LogP contribution in [0.1, 0.15) is 13.8 Å². The predicted octanol–water partition coefficient (Wildman–Crippen LogP) is 2.85. The fourth-order valence-electron chi connectivity index (χ4n) is 2.06. The fourth-order valence-corrected chi connectivity index (χ4v) is 2.06. The summed E-state index contributed by atoms with van der Waals surface area (Å²) in [6, 6.07) is 6.91. The number of fused-ring (bicyclic) bond motifs is 1. The van der Waals surface area contributed by atoms with E-state index in [9.17, 15) is 10.1 Å². The van der Waals surface area contributed by atoms with Crippen LogP contribution >= 0.6 is 0 Å². The van der Waals surface area contributed by atoms with Gasteiger partial charge in [0.2, 0.25) is 0 Å². The summed E-state index contributed by atoms with van der Waals surface area (Å²) < 4.78 is 2.12. The topological polar surface area (TPSA) is 51.3 Å². The van der Waals surface area contributed by atoms with Crippen molar-refractivity contribution in [2.75, 3.05) is 13.1 Å². The van der Waals surface area contributed by atoms with Gasteiger partial charge in [0.25, 0.3) is 5.69 Å². The van der Waals surface area contributed by atoms with E-state index in [2.05, 4.69) is 23.3 Å². The molecule has 2 rings (SSSR count). The lowest BCUT2D eigenvalue weighted by molar-refractivity contribution is -0.384. The molecule has 0 spiro atoms. The van der Waals surface area contributed by atoms with E-state index in [4.69, 9.17) is 0 Å². The highest BCUT2D eigenvalue weighted by Gasteiger charge is 2.09. The third-order valence-corrected chi connectivity index (χ3v) is 3.21. The van der Waals surface area contributed by atoms with Crippen molar-refractivity contribution in [1.29, 1.82) is 0 Å². The Bertz CT molecular complexity index is 558. The van der Waals surface area contributed by atoms with Gasteiger partial charge in [0.1, 0.15) is 0 Å². The highest BCUT2D eigenvalue weighted by molar-refractivity contribution is 5.82. The zero-order valence-electron chi connectivity index (χ0n) is 10.7. The van der Waals surface area contributed by atoms with Crippen LogP contribution in [0.4, 0.5) is 5.69 Å². The average molecular weight is 247 g/mol. The molecule has 96 valence electrons. The summed E-state index contributed by atoms with van der Waals surface area (Å²) >= 11 is 0. The fraction of sp³-hybridized carbons (Fsp3) is 0.385. The van der Waals surface area contributed by atoms with E-state index < -0.39 is 0 Å². The number of hydrogen-bond donors (Lipinski definition) is 0. The number of rotatable bonds is 5. The number of aromatic nitrogens is 1. The Balaban J connectivity index is 2.34. The minimum Gasteiger partial charge on any atom is -0.334 e. The van der Waals surface area contributed by atoms with Crippen LogP contribution in [-0.4, -0.2) is 27.5 Å². The number of nitrogens with zero attached hydrogens (tertiary/aromatic N) is 3. The molecule has 1 heterocycles. The molecule has 2 aromatic rings. The third kappa shape index (κ3) is 2.36. The summed E-state index contributed by atoms with van der Waals surface area (Å²) in [5.41, 5.74) is 1.18. The molecule has 0 N–H and O–H groups in total. The zero-order chi connectivity index (χ0) is 13.1. The van der Waals surface area contributed by atoms with Gasteiger partial charge in [0.05, 0.1) is 11.6 Å². The van der Waals surface area contributed by atoms with Gasteiger partial charge in [-0.05, 0) is 25.2 Å². The first-order valence-electron chi connectivity index (χ1n) is 6.11. The number of nitro benzene ring substituents is 1. The molecule has 1 aromatic carbocycles. The second kappa shape index (κ2) is 5.18. The van der Waals surface area contributed by atoms with E-state index in [1.807, 2.05) is 18.3 Å². The average Bonchev–Trinajstić information content (AvgIpc) is 2.78. The molecule has 0 aliphatic rings.